The molecule has 4 aromatic rings. The zero-order valence-electron chi connectivity index (χ0n) is 16.2. The number of halogens is 1. The van der Waals surface area contributed by atoms with E-state index in [0.717, 1.165) is 19.3 Å². The molecule has 0 spiro atoms. The molecular formula is C20H19ClN6O3. The van der Waals surface area contributed by atoms with Crippen LogP contribution in [-0.2, 0) is 13.6 Å². The van der Waals surface area contributed by atoms with Gasteiger partial charge in [-0.2, -0.15) is 4.68 Å². The van der Waals surface area contributed by atoms with Gasteiger partial charge in [0.2, 0.25) is 5.89 Å². The van der Waals surface area contributed by atoms with Gasteiger partial charge in [0.15, 0.2) is 11.2 Å². The number of aryl methyl sites for hydroxylation is 1. The first-order valence-electron chi connectivity index (χ1n) is 9.70. The molecule has 0 saturated heterocycles. The molecule has 1 fully saturated rings. The van der Waals surface area contributed by atoms with E-state index in [2.05, 4.69) is 21.1 Å². The first-order chi connectivity index (χ1) is 14.5. The highest BCUT2D eigenvalue weighted by atomic mass is 35.5. The van der Waals surface area contributed by atoms with Gasteiger partial charge in [-0.3, -0.25) is 9.36 Å². The minimum atomic E-state index is -0.510. The lowest BCUT2D eigenvalue weighted by molar-refractivity contribution is 0.401. The van der Waals surface area contributed by atoms with Gasteiger partial charge >= 0.3 is 5.76 Å². The van der Waals surface area contributed by atoms with Crippen LogP contribution < -0.4 is 11.3 Å². The Morgan fingerprint density at radius 2 is 2.03 bits per heavy atom. The fraction of sp³-hybridized carbons (Fsp3) is 0.350. The second-order valence-corrected chi connectivity index (χ2v) is 8.07. The minimum absolute atomic E-state index is 0.0274. The standard InChI is InChI=1S/C20H19ClN6O3/c1-25-10-22-18-17(25)19(28)26(11-23-18)9-16-24-27(20(29)30-16)15-6-5-13(8-15)12-3-2-4-14(21)7-12/h2-4,7,10-11,13,15H,5-6,8-9H2,1H3. The van der Waals surface area contributed by atoms with E-state index in [4.69, 9.17) is 16.0 Å². The van der Waals surface area contributed by atoms with Crippen LogP contribution in [0.1, 0.15) is 42.7 Å². The summed E-state index contributed by atoms with van der Waals surface area (Å²) in [6.07, 6.45) is 5.48. The molecule has 9 nitrogen and oxygen atoms in total. The normalized spacial score (nSPS) is 19.0. The predicted octanol–water partition coefficient (Wildman–Crippen LogP) is 2.49. The van der Waals surface area contributed by atoms with Crippen molar-refractivity contribution in [1.29, 1.82) is 0 Å². The summed E-state index contributed by atoms with van der Waals surface area (Å²) in [4.78, 5) is 33.4. The fourth-order valence-corrected chi connectivity index (χ4v) is 4.40. The van der Waals surface area contributed by atoms with E-state index in [0.29, 0.717) is 22.1 Å². The maximum atomic E-state index is 12.7. The Bertz CT molecular complexity index is 1350. The van der Waals surface area contributed by atoms with Gasteiger partial charge in [0.05, 0.1) is 12.4 Å². The first kappa shape index (κ1) is 18.8. The average molecular weight is 427 g/mol. The Hall–Kier alpha value is -3.20. The number of rotatable bonds is 4. The van der Waals surface area contributed by atoms with Crippen molar-refractivity contribution < 1.29 is 4.42 Å². The Morgan fingerprint density at radius 3 is 2.87 bits per heavy atom. The molecule has 1 saturated carbocycles. The summed E-state index contributed by atoms with van der Waals surface area (Å²) >= 11 is 6.11. The van der Waals surface area contributed by atoms with Crippen molar-refractivity contribution in [2.75, 3.05) is 0 Å². The fourth-order valence-electron chi connectivity index (χ4n) is 4.20. The first-order valence-corrected chi connectivity index (χ1v) is 10.1. The highest BCUT2D eigenvalue weighted by Gasteiger charge is 2.30. The van der Waals surface area contributed by atoms with E-state index in [1.54, 1.807) is 11.6 Å². The average Bonchev–Trinajstić information content (AvgIpc) is 3.43. The molecule has 0 amide bonds. The summed E-state index contributed by atoms with van der Waals surface area (Å²) < 4.78 is 9.72. The van der Waals surface area contributed by atoms with Crippen molar-refractivity contribution in [2.24, 2.45) is 7.05 Å². The second-order valence-electron chi connectivity index (χ2n) is 7.63. The van der Waals surface area contributed by atoms with E-state index >= 15 is 0 Å². The molecule has 1 aliphatic rings. The quantitative estimate of drug-likeness (QED) is 0.497. The van der Waals surface area contributed by atoms with Crippen molar-refractivity contribution in [3.8, 4) is 0 Å². The van der Waals surface area contributed by atoms with Crippen LogP contribution in [0.4, 0.5) is 0 Å². The number of fused-ring (bicyclic) bond motifs is 1. The number of nitrogens with zero attached hydrogens (tertiary/aromatic N) is 6. The number of hydrogen-bond donors (Lipinski definition) is 0. The topological polar surface area (TPSA) is 101 Å². The van der Waals surface area contributed by atoms with E-state index in [9.17, 15) is 9.59 Å². The van der Waals surface area contributed by atoms with Crippen LogP contribution in [0.2, 0.25) is 5.02 Å². The molecule has 0 aliphatic heterocycles. The molecule has 2 unspecified atom stereocenters. The van der Waals surface area contributed by atoms with Crippen molar-refractivity contribution >= 4 is 22.8 Å². The molecule has 1 aromatic carbocycles. The number of aromatic nitrogens is 6. The molecule has 0 bridgehead atoms. The lowest BCUT2D eigenvalue weighted by atomic mass is 9.98. The van der Waals surface area contributed by atoms with Crippen molar-refractivity contribution in [3.05, 3.63) is 74.3 Å². The van der Waals surface area contributed by atoms with Crippen molar-refractivity contribution in [2.45, 2.75) is 37.8 Å². The molecular weight excluding hydrogens is 408 g/mol. The van der Waals surface area contributed by atoms with Crippen LogP contribution >= 0.6 is 11.6 Å². The molecule has 10 heteroatoms. The highest BCUT2D eigenvalue weighted by molar-refractivity contribution is 6.30. The summed E-state index contributed by atoms with van der Waals surface area (Å²) in [5, 5.41) is 5.08. The largest absolute Gasteiger partial charge is 0.437 e. The van der Waals surface area contributed by atoms with Crippen molar-refractivity contribution in [1.82, 2.24) is 28.9 Å². The van der Waals surface area contributed by atoms with E-state index < -0.39 is 5.76 Å². The van der Waals surface area contributed by atoms with Gasteiger partial charge in [-0.15, -0.1) is 5.10 Å². The number of hydrogen-bond acceptors (Lipinski definition) is 6. The molecule has 0 N–H and O–H groups in total. The zero-order valence-corrected chi connectivity index (χ0v) is 17.0. The maximum Gasteiger partial charge on any atom is 0.437 e. The molecule has 3 aromatic heterocycles. The van der Waals surface area contributed by atoms with Crippen LogP contribution in [0, 0.1) is 0 Å². The Morgan fingerprint density at radius 1 is 1.20 bits per heavy atom. The SMILES string of the molecule is Cn1cnc2ncn(Cc3nn(C4CCC(c5cccc(Cl)c5)C4)c(=O)o3)c(=O)c21. The lowest BCUT2D eigenvalue weighted by Gasteiger charge is -2.11. The van der Waals surface area contributed by atoms with Crippen molar-refractivity contribution in [3.63, 3.8) is 0 Å². The molecule has 3 heterocycles. The van der Waals surface area contributed by atoms with Crippen LogP contribution in [-0.4, -0.2) is 28.9 Å². The third kappa shape index (κ3) is 3.24. The predicted molar refractivity (Wildman–Crippen MR) is 110 cm³/mol. The Kier molecular flexibility index (Phi) is 4.54. The van der Waals surface area contributed by atoms with Crippen LogP contribution in [0.25, 0.3) is 11.2 Å². The third-order valence-corrected chi connectivity index (χ3v) is 5.92. The van der Waals surface area contributed by atoms with Crippen LogP contribution in [0.15, 0.2) is 50.9 Å². The molecule has 154 valence electrons. The van der Waals surface area contributed by atoms with Crippen LogP contribution in [0.3, 0.4) is 0 Å². The van der Waals surface area contributed by atoms with E-state index in [-0.39, 0.29) is 24.0 Å². The summed E-state index contributed by atoms with van der Waals surface area (Å²) in [6.45, 7) is 0.0274. The number of imidazole rings is 1. The van der Waals surface area contributed by atoms with Gasteiger partial charge in [0, 0.05) is 12.1 Å². The van der Waals surface area contributed by atoms with Gasteiger partial charge in [0.1, 0.15) is 12.9 Å². The smallest absolute Gasteiger partial charge is 0.390 e. The molecule has 2 atom stereocenters. The van der Waals surface area contributed by atoms with Gasteiger partial charge < -0.3 is 8.98 Å². The monoisotopic (exact) mass is 426 g/mol. The molecule has 0 radical (unpaired) electrons. The maximum absolute atomic E-state index is 12.7. The number of benzene rings is 1. The van der Waals surface area contributed by atoms with Gasteiger partial charge in [-0.25, -0.2) is 14.8 Å². The van der Waals surface area contributed by atoms with E-state index in [1.807, 2.05) is 18.2 Å². The Balaban J connectivity index is 1.38. The second kappa shape index (κ2) is 7.24. The highest BCUT2D eigenvalue weighted by Crippen LogP contribution is 2.40. The Labute approximate surface area is 175 Å². The molecule has 5 rings (SSSR count). The summed E-state index contributed by atoms with van der Waals surface area (Å²) in [5.74, 6) is -0.0131. The third-order valence-electron chi connectivity index (χ3n) is 5.69. The molecule has 1 aliphatic carbocycles. The summed E-state index contributed by atoms with van der Waals surface area (Å²) in [6, 6.07) is 7.78. The van der Waals surface area contributed by atoms with Gasteiger partial charge in [-0.1, -0.05) is 23.7 Å². The summed E-state index contributed by atoms with van der Waals surface area (Å²) in [7, 11) is 1.73. The van der Waals surface area contributed by atoms with Gasteiger partial charge in [0.25, 0.3) is 5.56 Å². The minimum Gasteiger partial charge on any atom is -0.390 e. The zero-order chi connectivity index (χ0) is 20.8. The van der Waals surface area contributed by atoms with Gasteiger partial charge in [-0.05, 0) is 42.9 Å². The van der Waals surface area contributed by atoms with E-state index in [1.165, 1.54) is 27.5 Å². The lowest BCUT2D eigenvalue weighted by Crippen LogP contribution is -2.23. The molecule has 30 heavy (non-hydrogen) atoms. The summed E-state index contributed by atoms with van der Waals surface area (Å²) in [5.41, 5.74) is 1.67. The van der Waals surface area contributed by atoms with Crippen LogP contribution in [0.5, 0.6) is 0 Å².